The van der Waals surface area contributed by atoms with Gasteiger partial charge in [0.25, 0.3) is 5.91 Å². The molecule has 0 radical (unpaired) electrons. The topological polar surface area (TPSA) is 20.3 Å². The van der Waals surface area contributed by atoms with E-state index in [1.165, 1.54) is 5.56 Å². The van der Waals surface area contributed by atoms with Gasteiger partial charge in [-0.05, 0) is 37.6 Å². The van der Waals surface area contributed by atoms with Gasteiger partial charge in [0.15, 0.2) is 0 Å². The van der Waals surface area contributed by atoms with Gasteiger partial charge in [0.2, 0.25) is 0 Å². The van der Waals surface area contributed by atoms with Gasteiger partial charge in [-0.25, -0.2) is 0 Å². The molecule has 2 aromatic rings. The lowest BCUT2D eigenvalue weighted by atomic mass is 10.1. The molecule has 0 unspecified atom stereocenters. The first-order valence-electron chi connectivity index (χ1n) is 6.82. The molecule has 2 aromatic carbocycles. The largest absolute Gasteiger partial charge is 0.309 e. The fraction of sp³-hybridized carbons (Fsp3) is 0.167. The van der Waals surface area contributed by atoms with Crippen molar-refractivity contribution in [1.29, 1.82) is 0 Å². The van der Waals surface area contributed by atoms with Gasteiger partial charge in [0, 0.05) is 18.3 Å². The fourth-order valence-corrected chi connectivity index (χ4v) is 2.01. The smallest absolute Gasteiger partial charge is 0.250 e. The molecule has 2 rings (SSSR count). The van der Waals surface area contributed by atoms with E-state index in [1.807, 2.05) is 74.5 Å². The minimum atomic E-state index is -0.000671. The minimum Gasteiger partial charge on any atom is -0.309 e. The van der Waals surface area contributed by atoms with E-state index in [0.717, 1.165) is 11.3 Å². The van der Waals surface area contributed by atoms with Crippen LogP contribution in [-0.4, -0.2) is 12.5 Å². The molecule has 20 heavy (non-hydrogen) atoms. The zero-order valence-corrected chi connectivity index (χ0v) is 11.9. The predicted molar refractivity (Wildman–Crippen MR) is 84.7 cm³/mol. The average Bonchev–Trinajstić information content (AvgIpc) is 2.48. The number of aryl methyl sites for hydroxylation is 1. The van der Waals surface area contributed by atoms with Crippen molar-refractivity contribution >= 4 is 17.7 Å². The summed E-state index contributed by atoms with van der Waals surface area (Å²) in [6.45, 7) is 4.68. The van der Waals surface area contributed by atoms with Gasteiger partial charge in [0.05, 0.1) is 0 Å². The highest BCUT2D eigenvalue weighted by Gasteiger charge is 2.09. The highest BCUT2D eigenvalue weighted by Crippen LogP contribution is 2.14. The monoisotopic (exact) mass is 265 g/mol. The van der Waals surface area contributed by atoms with Crippen molar-refractivity contribution in [3.8, 4) is 0 Å². The Bertz CT molecular complexity index is 585. The second-order valence-corrected chi connectivity index (χ2v) is 4.66. The number of carbonyl (C=O) groups excluding carboxylic acids is 1. The summed E-state index contributed by atoms with van der Waals surface area (Å²) >= 11 is 0. The molecule has 102 valence electrons. The summed E-state index contributed by atoms with van der Waals surface area (Å²) in [4.78, 5) is 14.0. The molecule has 0 spiro atoms. The van der Waals surface area contributed by atoms with Gasteiger partial charge in [0.1, 0.15) is 0 Å². The van der Waals surface area contributed by atoms with Gasteiger partial charge in [-0.1, -0.05) is 48.0 Å². The van der Waals surface area contributed by atoms with Gasteiger partial charge in [-0.3, -0.25) is 4.79 Å². The molecule has 2 heteroatoms. The van der Waals surface area contributed by atoms with Crippen molar-refractivity contribution in [1.82, 2.24) is 0 Å². The summed E-state index contributed by atoms with van der Waals surface area (Å²) in [6, 6.07) is 17.8. The van der Waals surface area contributed by atoms with Crippen LogP contribution in [0.2, 0.25) is 0 Å². The Morgan fingerprint density at radius 1 is 1.05 bits per heavy atom. The number of benzene rings is 2. The number of hydrogen-bond donors (Lipinski definition) is 0. The molecule has 1 amide bonds. The quantitative estimate of drug-likeness (QED) is 0.763. The fourth-order valence-electron chi connectivity index (χ4n) is 2.01. The van der Waals surface area contributed by atoms with Crippen LogP contribution in [0.4, 0.5) is 5.69 Å². The molecule has 0 fully saturated rings. The van der Waals surface area contributed by atoms with Crippen LogP contribution in [0.15, 0.2) is 60.7 Å². The number of rotatable bonds is 4. The number of para-hydroxylation sites is 1. The maximum atomic E-state index is 12.3. The van der Waals surface area contributed by atoms with Gasteiger partial charge >= 0.3 is 0 Å². The number of anilines is 1. The highest BCUT2D eigenvalue weighted by molar-refractivity contribution is 6.03. The number of likely N-dealkylation sites (N-methyl/N-ethyl adjacent to an activating group) is 1. The van der Waals surface area contributed by atoms with Crippen LogP contribution in [0.25, 0.3) is 6.08 Å². The lowest BCUT2D eigenvalue weighted by Crippen LogP contribution is -2.28. The minimum absolute atomic E-state index is 0.000671. The zero-order chi connectivity index (χ0) is 14.4. The van der Waals surface area contributed by atoms with E-state index >= 15 is 0 Å². The first-order chi connectivity index (χ1) is 9.70. The van der Waals surface area contributed by atoms with Crippen molar-refractivity contribution in [3.05, 3.63) is 71.8 Å². The third-order valence-corrected chi connectivity index (χ3v) is 3.15. The maximum Gasteiger partial charge on any atom is 0.250 e. The molecule has 0 saturated carbocycles. The zero-order valence-electron chi connectivity index (χ0n) is 11.9. The van der Waals surface area contributed by atoms with Gasteiger partial charge in [-0.15, -0.1) is 0 Å². The molecule has 0 N–H and O–H groups in total. The summed E-state index contributed by atoms with van der Waals surface area (Å²) in [5, 5.41) is 0. The van der Waals surface area contributed by atoms with Crippen LogP contribution in [0.1, 0.15) is 18.1 Å². The highest BCUT2D eigenvalue weighted by atomic mass is 16.2. The Morgan fingerprint density at radius 3 is 2.30 bits per heavy atom. The molecule has 0 aliphatic heterocycles. The van der Waals surface area contributed by atoms with E-state index in [9.17, 15) is 4.79 Å². The van der Waals surface area contributed by atoms with E-state index in [2.05, 4.69) is 0 Å². The van der Waals surface area contributed by atoms with E-state index in [1.54, 1.807) is 11.0 Å². The molecular weight excluding hydrogens is 246 g/mol. The molecule has 0 heterocycles. The summed E-state index contributed by atoms with van der Waals surface area (Å²) in [5.74, 6) is -0.000671. The van der Waals surface area contributed by atoms with Crippen LogP contribution in [0.5, 0.6) is 0 Å². The van der Waals surface area contributed by atoms with Crippen LogP contribution < -0.4 is 4.90 Å². The van der Waals surface area contributed by atoms with Crippen molar-refractivity contribution < 1.29 is 4.79 Å². The lowest BCUT2D eigenvalue weighted by Gasteiger charge is -2.19. The molecule has 2 nitrogen and oxygen atoms in total. The summed E-state index contributed by atoms with van der Waals surface area (Å²) in [5.41, 5.74) is 3.18. The predicted octanol–water partition coefficient (Wildman–Crippen LogP) is 4.06. The molecule has 0 atom stereocenters. The van der Waals surface area contributed by atoms with Crippen molar-refractivity contribution in [3.63, 3.8) is 0 Å². The molecule has 0 aliphatic carbocycles. The molecule has 0 aliphatic rings. The SMILES string of the molecule is CCN(C(=O)/C=C/c1ccc(C)cc1)c1ccccc1. The van der Waals surface area contributed by atoms with Crippen LogP contribution in [0, 0.1) is 6.92 Å². The number of amides is 1. The summed E-state index contributed by atoms with van der Waals surface area (Å²) in [7, 11) is 0. The van der Waals surface area contributed by atoms with E-state index in [4.69, 9.17) is 0 Å². The Kier molecular flexibility index (Phi) is 4.72. The van der Waals surface area contributed by atoms with E-state index in [-0.39, 0.29) is 5.91 Å². The molecule has 0 saturated heterocycles. The van der Waals surface area contributed by atoms with E-state index < -0.39 is 0 Å². The first kappa shape index (κ1) is 14.1. The summed E-state index contributed by atoms with van der Waals surface area (Å²) < 4.78 is 0. The van der Waals surface area contributed by atoms with Gasteiger partial charge in [-0.2, -0.15) is 0 Å². The Hall–Kier alpha value is -2.35. The average molecular weight is 265 g/mol. The van der Waals surface area contributed by atoms with Crippen LogP contribution in [0.3, 0.4) is 0 Å². The molecule has 0 aromatic heterocycles. The third kappa shape index (κ3) is 3.58. The van der Waals surface area contributed by atoms with Crippen molar-refractivity contribution in [2.24, 2.45) is 0 Å². The van der Waals surface area contributed by atoms with E-state index in [0.29, 0.717) is 6.54 Å². The third-order valence-electron chi connectivity index (χ3n) is 3.15. The Balaban J connectivity index is 2.12. The van der Waals surface area contributed by atoms with Crippen molar-refractivity contribution in [2.45, 2.75) is 13.8 Å². The Morgan fingerprint density at radius 2 is 1.70 bits per heavy atom. The standard InChI is InChI=1S/C18H19NO/c1-3-19(17-7-5-4-6-8-17)18(20)14-13-16-11-9-15(2)10-12-16/h4-14H,3H2,1-2H3/b14-13+. The second-order valence-electron chi connectivity index (χ2n) is 4.66. The lowest BCUT2D eigenvalue weighted by molar-refractivity contribution is -0.114. The van der Waals surface area contributed by atoms with Crippen LogP contribution in [-0.2, 0) is 4.79 Å². The number of carbonyl (C=O) groups is 1. The summed E-state index contributed by atoms with van der Waals surface area (Å²) in [6.07, 6.45) is 3.48. The molecular formula is C18H19NO. The van der Waals surface area contributed by atoms with Crippen LogP contribution >= 0.6 is 0 Å². The number of hydrogen-bond acceptors (Lipinski definition) is 1. The Labute approximate surface area is 120 Å². The van der Waals surface area contributed by atoms with Gasteiger partial charge < -0.3 is 4.90 Å². The second kappa shape index (κ2) is 6.71. The molecule has 0 bridgehead atoms. The first-order valence-corrected chi connectivity index (χ1v) is 6.82. The maximum absolute atomic E-state index is 12.3. The normalized spacial score (nSPS) is 10.7. The van der Waals surface area contributed by atoms with Crippen molar-refractivity contribution in [2.75, 3.05) is 11.4 Å². The number of nitrogens with zero attached hydrogens (tertiary/aromatic N) is 1.